The average molecular weight is 290 g/mol. The van der Waals surface area contributed by atoms with E-state index in [-0.39, 0.29) is 17.7 Å². The third kappa shape index (κ3) is 5.10. The van der Waals surface area contributed by atoms with E-state index in [1.807, 2.05) is 0 Å². The van der Waals surface area contributed by atoms with Crippen molar-refractivity contribution in [2.45, 2.75) is 33.1 Å². The summed E-state index contributed by atoms with van der Waals surface area (Å²) >= 11 is 0. The molecule has 0 unspecified atom stereocenters. The summed E-state index contributed by atoms with van der Waals surface area (Å²) in [6, 6.07) is 6.89. The Morgan fingerprint density at radius 3 is 2.43 bits per heavy atom. The molecule has 1 saturated carbocycles. The van der Waals surface area contributed by atoms with E-state index in [9.17, 15) is 9.59 Å². The van der Waals surface area contributed by atoms with E-state index in [0.29, 0.717) is 18.1 Å². The molecule has 2 N–H and O–H groups in total. The van der Waals surface area contributed by atoms with Crippen molar-refractivity contribution in [3.8, 4) is 5.75 Å². The van der Waals surface area contributed by atoms with Crippen molar-refractivity contribution in [3.05, 3.63) is 29.8 Å². The van der Waals surface area contributed by atoms with Crippen LogP contribution in [-0.2, 0) is 4.79 Å². The number of benzene rings is 1. The highest BCUT2D eigenvalue weighted by Gasteiger charge is 2.29. The zero-order valence-electron chi connectivity index (χ0n) is 12.5. The molecule has 1 aliphatic rings. The number of hydrogen-bond donors (Lipinski definition) is 2. The van der Waals surface area contributed by atoms with Crippen LogP contribution in [-0.4, -0.2) is 18.4 Å². The maximum atomic E-state index is 11.8. The predicted molar refractivity (Wildman–Crippen MR) is 79.7 cm³/mol. The van der Waals surface area contributed by atoms with Gasteiger partial charge in [-0.1, -0.05) is 13.8 Å². The fraction of sp³-hybridized carbons (Fsp3) is 0.500. The molecule has 21 heavy (non-hydrogen) atoms. The van der Waals surface area contributed by atoms with Crippen molar-refractivity contribution >= 4 is 11.8 Å². The summed E-state index contributed by atoms with van der Waals surface area (Å²) in [6.45, 7) is 4.96. The molecule has 0 aliphatic heterocycles. The minimum atomic E-state index is -0.322. The molecule has 2 amide bonds. The first-order chi connectivity index (χ1) is 10.1. The summed E-state index contributed by atoms with van der Waals surface area (Å²) < 4.78 is 5.59. The first kappa shape index (κ1) is 15.4. The Hall–Kier alpha value is -2.04. The van der Waals surface area contributed by atoms with Crippen molar-refractivity contribution in [2.24, 2.45) is 11.8 Å². The number of nitrogens with one attached hydrogen (secondary N) is 2. The van der Waals surface area contributed by atoms with E-state index in [2.05, 4.69) is 24.7 Å². The summed E-state index contributed by atoms with van der Waals surface area (Å²) in [7, 11) is 0. The van der Waals surface area contributed by atoms with E-state index in [0.717, 1.165) is 25.0 Å². The van der Waals surface area contributed by atoms with Gasteiger partial charge in [-0.15, -0.1) is 0 Å². The van der Waals surface area contributed by atoms with Crippen molar-refractivity contribution < 1.29 is 14.3 Å². The number of carbonyl (C=O) groups is 2. The molecule has 5 nitrogen and oxygen atoms in total. The number of hydrazine groups is 1. The average Bonchev–Trinajstić information content (AvgIpc) is 3.29. The smallest absolute Gasteiger partial charge is 0.269 e. The van der Waals surface area contributed by atoms with E-state index in [4.69, 9.17) is 4.74 Å². The minimum Gasteiger partial charge on any atom is -0.494 e. The predicted octanol–water partition coefficient (Wildman–Crippen LogP) is 2.28. The van der Waals surface area contributed by atoms with Gasteiger partial charge in [0.05, 0.1) is 6.61 Å². The van der Waals surface area contributed by atoms with Crippen molar-refractivity contribution in [3.63, 3.8) is 0 Å². The Kier molecular flexibility index (Phi) is 5.20. The highest BCUT2D eigenvalue weighted by atomic mass is 16.5. The van der Waals surface area contributed by atoms with E-state index < -0.39 is 0 Å². The molecule has 0 atom stereocenters. The molecule has 0 bridgehead atoms. The number of hydrogen-bond acceptors (Lipinski definition) is 3. The fourth-order valence-electron chi connectivity index (χ4n) is 1.75. The highest BCUT2D eigenvalue weighted by Crippen LogP contribution is 2.28. The Bertz CT molecular complexity index is 493. The molecule has 0 aromatic heterocycles. The van der Waals surface area contributed by atoms with Crippen LogP contribution in [0.5, 0.6) is 5.75 Å². The molecule has 0 spiro atoms. The Balaban J connectivity index is 1.77. The highest BCUT2D eigenvalue weighted by molar-refractivity contribution is 5.95. The first-order valence-electron chi connectivity index (χ1n) is 7.39. The van der Waals surface area contributed by atoms with Crippen LogP contribution in [0.3, 0.4) is 0 Å². The summed E-state index contributed by atoms with van der Waals surface area (Å²) in [5, 5.41) is 0. The summed E-state index contributed by atoms with van der Waals surface area (Å²) in [5.41, 5.74) is 5.34. The number of rotatable bonds is 6. The first-order valence-corrected chi connectivity index (χ1v) is 7.39. The van der Waals surface area contributed by atoms with Gasteiger partial charge < -0.3 is 4.74 Å². The molecule has 1 aliphatic carbocycles. The Morgan fingerprint density at radius 2 is 1.86 bits per heavy atom. The molecule has 1 aromatic rings. The van der Waals surface area contributed by atoms with Crippen LogP contribution >= 0.6 is 0 Å². The van der Waals surface area contributed by atoms with Gasteiger partial charge in [0.15, 0.2) is 0 Å². The number of amides is 2. The third-order valence-electron chi connectivity index (χ3n) is 3.33. The Morgan fingerprint density at radius 1 is 1.19 bits per heavy atom. The van der Waals surface area contributed by atoms with Crippen molar-refractivity contribution in [1.82, 2.24) is 10.9 Å². The van der Waals surface area contributed by atoms with Gasteiger partial charge in [-0.25, -0.2) is 0 Å². The van der Waals surface area contributed by atoms with Gasteiger partial charge in [0, 0.05) is 11.5 Å². The maximum absolute atomic E-state index is 11.8. The molecule has 5 heteroatoms. The van der Waals surface area contributed by atoms with Gasteiger partial charge in [-0.2, -0.15) is 0 Å². The number of carbonyl (C=O) groups excluding carboxylic acids is 2. The molecule has 1 fully saturated rings. The molecule has 0 heterocycles. The quantitative estimate of drug-likeness (QED) is 0.790. The molecular weight excluding hydrogens is 268 g/mol. The van der Waals surface area contributed by atoms with Gasteiger partial charge in [-0.3, -0.25) is 20.4 Å². The van der Waals surface area contributed by atoms with Crippen LogP contribution in [0, 0.1) is 11.8 Å². The van der Waals surface area contributed by atoms with Crippen LogP contribution in [0.1, 0.15) is 43.5 Å². The van der Waals surface area contributed by atoms with Crippen molar-refractivity contribution in [1.29, 1.82) is 0 Å². The van der Waals surface area contributed by atoms with Gasteiger partial charge in [0.1, 0.15) is 5.75 Å². The molecular formula is C16H22N2O3. The summed E-state index contributed by atoms with van der Waals surface area (Å²) in [4.78, 5) is 23.3. The Labute approximate surface area is 125 Å². The summed E-state index contributed by atoms with van der Waals surface area (Å²) in [5.74, 6) is 0.982. The van der Waals surface area contributed by atoms with E-state index in [1.54, 1.807) is 24.3 Å². The second-order valence-electron chi connectivity index (χ2n) is 5.77. The van der Waals surface area contributed by atoms with Gasteiger partial charge >= 0.3 is 0 Å². The topological polar surface area (TPSA) is 67.4 Å². The molecule has 0 radical (unpaired) electrons. The lowest BCUT2D eigenvalue weighted by atomic mass is 10.1. The molecule has 1 aromatic carbocycles. The normalized spacial score (nSPS) is 13.9. The van der Waals surface area contributed by atoms with Crippen LogP contribution < -0.4 is 15.6 Å². The lowest BCUT2D eigenvalue weighted by Crippen LogP contribution is -2.42. The maximum Gasteiger partial charge on any atom is 0.269 e. The summed E-state index contributed by atoms with van der Waals surface area (Å²) in [6.07, 6.45) is 2.81. The number of ether oxygens (including phenoxy) is 1. The second-order valence-corrected chi connectivity index (χ2v) is 5.77. The van der Waals surface area contributed by atoms with Crippen LogP contribution in [0.15, 0.2) is 24.3 Å². The standard InChI is InChI=1S/C16H22N2O3/c1-11(2)9-10-21-14-7-5-13(6-8-14)16(20)18-17-15(19)12-3-4-12/h5-8,11-12H,3-4,9-10H2,1-2H3,(H,17,19)(H,18,20). The van der Waals surface area contributed by atoms with Gasteiger partial charge in [-0.05, 0) is 49.4 Å². The largest absolute Gasteiger partial charge is 0.494 e. The van der Waals surface area contributed by atoms with E-state index in [1.165, 1.54) is 0 Å². The van der Waals surface area contributed by atoms with Gasteiger partial charge in [0.25, 0.3) is 5.91 Å². The lowest BCUT2D eigenvalue weighted by molar-refractivity contribution is -0.123. The van der Waals surface area contributed by atoms with Gasteiger partial charge in [0.2, 0.25) is 5.91 Å². The zero-order valence-corrected chi connectivity index (χ0v) is 12.5. The van der Waals surface area contributed by atoms with E-state index >= 15 is 0 Å². The second kappa shape index (κ2) is 7.11. The minimum absolute atomic E-state index is 0.0713. The molecule has 114 valence electrons. The molecule has 2 rings (SSSR count). The zero-order chi connectivity index (χ0) is 15.2. The lowest BCUT2D eigenvalue weighted by Gasteiger charge is -2.09. The monoisotopic (exact) mass is 290 g/mol. The fourth-order valence-corrected chi connectivity index (χ4v) is 1.75. The SMILES string of the molecule is CC(C)CCOc1ccc(C(=O)NNC(=O)C2CC2)cc1. The van der Waals surface area contributed by atoms with Crippen molar-refractivity contribution in [2.75, 3.05) is 6.61 Å². The van der Waals surface area contributed by atoms with Crippen LogP contribution in [0.4, 0.5) is 0 Å². The third-order valence-corrected chi connectivity index (χ3v) is 3.33. The molecule has 0 saturated heterocycles. The van der Waals surface area contributed by atoms with Crippen LogP contribution in [0.25, 0.3) is 0 Å². The van der Waals surface area contributed by atoms with Crippen LogP contribution in [0.2, 0.25) is 0 Å².